The van der Waals surface area contributed by atoms with E-state index in [0.717, 1.165) is 15.6 Å². The van der Waals surface area contributed by atoms with E-state index in [9.17, 15) is 13.2 Å². The van der Waals surface area contributed by atoms with Crippen molar-refractivity contribution in [3.63, 3.8) is 0 Å². The summed E-state index contributed by atoms with van der Waals surface area (Å²) in [5, 5.41) is 1.12. The smallest absolute Gasteiger partial charge is 0.226 e. The van der Waals surface area contributed by atoms with Crippen molar-refractivity contribution in [1.29, 1.82) is 0 Å². The number of amides is 1. The van der Waals surface area contributed by atoms with Gasteiger partial charge in [-0.25, -0.2) is 8.42 Å². The van der Waals surface area contributed by atoms with Gasteiger partial charge in [0, 0.05) is 39.6 Å². The molecule has 1 heterocycles. The van der Waals surface area contributed by atoms with Crippen LogP contribution in [0, 0.1) is 11.8 Å². The second-order valence-corrected chi connectivity index (χ2v) is 13.1. The highest BCUT2D eigenvalue weighted by Gasteiger charge is 2.38. The van der Waals surface area contributed by atoms with Crippen molar-refractivity contribution in [2.24, 2.45) is 11.8 Å². The Morgan fingerprint density at radius 1 is 1.08 bits per heavy atom. The van der Waals surface area contributed by atoms with Crippen LogP contribution in [-0.4, -0.2) is 37.8 Å². The molecule has 0 bridgehead atoms. The number of ether oxygens (including phenoxy) is 1. The quantitative estimate of drug-likeness (QED) is 0.281. The van der Waals surface area contributed by atoms with Crippen LogP contribution in [-0.2, 0) is 27.6 Å². The number of halogens is 3. The molecule has 5 nitrogen and oxygen atoms in total. The minimum atomic E-state index is -3.13. The Morgan fingerprint density at radius 3 is 2.47 bits per heavy atom. The van der Waals surface area contributed by atoms with Crippen LogP contribution in [0.4, 0.5) is 0 Å². The number of benzene rings is 3. The lowest BCUT2D eigenvalue weighted by Gasteiger charge is -2.28. The summed E-state index contributed by atoms with van der Waals surface area (Å²) in [6, 6.07) is 20.1. The van der Waals surface area contributed by atoms with Crippen molar-refractivity contribution < 1.29 is 17.9 Å². The summed E-state index contributed by atoms with van der Waals surface area (Å²) in [6.07, 6.45) is 0.962. The van der Waals surface area contributed by atoms with Crippen molar-refractivity contribution in [3.05, 3.63) is 92.4 Å². The second-order valence-electron chi connectivity index (χ2n) is 9.11. The van der Waals surface area contributed by atoms with Crippen LogP contribution in [0.1, 0.15) is 17.5 Å². The number of carbonyl (C=O) groups excluding carboxylic acids is 1. The van der Waals surface area contributed by atoms with Crippen LogP contribution in [0.2, 0.25) is 10.0 Å². The SMILES string of the molecule is CN(Cc1ccc(Cl)cc1Oc1ccc(Cl)cc1)C(=O)C(Cc1cccc(Br)c1)C1CCS(=O)(=O)C1. The first-order valence-electron chi connectivity index (χ1n) is 11.5. The molecule has 3 aromatic carbocycles. The summed E-state index contributed by atoms with van der Waals surface area (Å²) < 4.78 is 31.5. The summed E-state index contributed by atoms with van der Waals surface area (Å²) in [4.78, 5) is 15.4. The molecule has 9 heteroatoms. The monoisotopic (exact) mass is 609 g/mol. The van der Waals surface area contributed by atoms with Gasteiger partial charge in [-0.2, -0.15) is 0 Å². The molecule has 36 heavy (non-hydrogen) atoms. The van der Waals surface area contributed by atoms with Gasteiger partial charge in [0.15, 0.2) is 9.84 Å². The van der Waals surface area contributed by atoms with Crippen LogP contribution in [0.3, 0.4) is 0 Å². The fourth-order valence-electron chi connectivity index (χ4n) is 4.51. The highest BCUT2D eigenvalue weighted by atomic mass is 79.9. The minimum Gasteiger partial charge on any atom is -0.457 e. The number of sulfone groups is 1. The maximum atomic E-state index is 13.7. The Hall–Kier alpha value is -2.06. The average Bonchev–Trinajstić information content (AvgIpc) is 3.19. The second kappa shape index (κ2) is 11.5. The fourth-order valence-corrected chi connectivity index (χ4v) is 7.13. The van der Waals surface area contributed by atoms with Crippen LogP contribution < -0.4 is 4.74 Å². The molecular formula is C27H26BrCl2NO4S. The van der Waals surface area contributed by atoms with Gasteiger partial charge in [0.2, 0.25) is 5.91 Å². The Bertz CT molecular complexity index is 1350. The zero-order valence-electron chi connectivity index (χ0n) is 19.7. The van der Waals surface area contributed by atoms with E-state index in [2.05, 4.69) is 15.9 Å². The molecule has 0 aliphatic carbocycles. The lowest BCUT2D eigenvalue weighted by molar-refractivity contribution is -0.136. The minimum absolute atomic E-state index is 0.0388. The van der Waals surface area contributed by atoms with Crippen LogP contribution in [0.25, 0.3) is 0 Å². The van der Waals surface area contributed by atoms with Crippen molar-refractivity contribution in [1.82, 2.24) is 4.90 Å². The normalized spacial score (nSPS) is 17.5. The van der Waals surface area contributed by atoms with Crippen LogP contribution in [0.5, 0.6) is 11.5 Å². The number of hydrogen-bond donors (Lipinski definition) is 0. The molecule has 0 radical (unpaired) electrons. The summed E-state index contributed by atoms with van der Waals surface area (Å²) in [7, 11) is -1.40. The Morgan fingerprint density at radius 2 is 1.81 bits per heavy atom. The molecule has 2 atom stereocenters. The summed E-state index contributed by atoms with van der Waals surface area (Å²) in [6.45, 7) is 0.285. The molecule has 190 valence electrons. The molecule has 0 spiro atoms. The number of hydrogen-bond acceptors (Lipinski definition) is 4. The number of rotatable bonds is 8. The summed E-state index contributed by atoms with van der Waals surface area (Å²) in [5.41, 5.74) is 1.77. The standard InChI is InChI=1S/C27H26BrCl2NO4S/c1-31(16-19-5-6-23(30)15-26(19)35-24-9-7-22(29)8-10-24)27(32)25(20-11-12-36(33,34)17-20)14-18-3-2-4-21(28)13-18/h2-10,13,15,20,25H,11-12,14,16-17H2,1H3. The Labute approximate surface area is 230 Å². The predicted molar refractivity (Wildman–Crippen MR) is 148 cm³/mol. The van der Waals surface area contributed by atoms with Gasteiger partial charge in [-0.15, -0.1) is 0 Å². The highest BCUT2D eigenvalue weighted by Crippen LogP contribution is 2.33. The zero-order valence-corrected chi connectivity index (χ0v) is 23.6. The van der Waals surface area contributed by atoms with Gasteiger partial charge in [0.1, 0.15) is 11.5 Å². The molecular weight excluding hydrogens is 585 g/mol. The zero-order chi connectivity index (χ0) is 25.9. The van der Waals surface area contributed by atoms with Gasteiger partial charge in [-0.3, -0.25) is 4.79 Å². The third kappa shape index (κ3) is 7.03. The first-order valence-corrected chi connectivity index (χ1v) is 14.9. The van der Waals surface area contributed by atoms with Gasteiger partial charge in [0.05, 0.1) is 11.5 Å². The lowest BCUT2D eigenvalue weighted by Crippen LogP contribution is -2.38. The Kier molecular flexibility index (Phi) is 8.66. The van der Waals surface area contributed by atoms with Gasteiger partial charge < -0.3 is 9.64 Å². The maximum absolute atomic E-state index is 13.7. The molecule has 4 rings (SSSR count). The van der Waals surface area contributed by atoms with Crippen LogP contribution >= 0.6 is 39.1 Å². The number of carbonyl (C=O) groups is 1. The first kappa shape index (κ1) is 27.0. The molecule has 3 aromatic rings. The van der Waals surface area contributed by atoms with E-state index in [1.165, 1.54) is 0 Å². The van der Waals surface area contributed by atoms with E-state index in [4.69, 9.17) is 27.9 Å². The van der Waals surface area contributed by atoms with Crippen molar-refractivity contribution in [3.8, 4) is 11.5 Å². The molecule has 1 fully saturated rings. The van der Waals surface area contributed by atoms with E-state index < -0.39 is 15.8 Å². The van der Waals surface area contributed by atoms with Gasteiger partial charge in [-0.1, -0.05) is 57.3 Å². The fraction of sp³-hybridized carbons (Fsp3) is 0.296. The van der Waals surface area contributed by atoms with E-state index in [1.807, 2.05) is 30.3 Å². The van der Waals surface area contributed by atoms with Crippen molar-refractivity contribution in [2.45, 2.75) is 19.4 Å². The highest BCUT2D eigenvalue weighted by molar-refractivity contribution is 9.10. The van der Waals surface area contributed by atoms with Gasteiger partial charge in [0.25, 0.3) is 0 Å². The number of nitrogens with zero attached hydrogens (tertiary/aromatic N) is 1. The molecule has 0 aromatic heterocycles. The molecule has 2 unspecified atom stereocenters. The first-order chi connectivity index (χ1) is 17.1. The third-order valence-electron chi connectivity index (χ3n) is 6.35. The average molecular weight is 611 g/mol. The van der Waals surface area contributed by atoms with Crippen LogP contribution in [0.15, 0.2) is 71.2 Å². The predicted octanol–water partition coefficient (Wildman–Crippen LogP) is 6.80. The van der Waals surface area contributed by atoms with E-state index >= 15 is 0 Å². The summed E-state index contributed by atoms with van der Waals surface area (Å²) in [5.74, 6) is 0.534. The topological polar surface area (TPSA) is 63.7 Å². The molecule has 0 saturated carbocycles. The Balaban J connectivity index is 1.56. The lowest BCUT2D eigenvalue weighted by atomic mass is 9.85. The van der Waals surface area contributed by atoms with E-state index in [-0.39, 0.29) is 29.9 Å². The molecule has 1 aliphatic rings. The summed E-state index contributed by atoms with van der Waals surface area (Å²) >= 11 is 15.7. The maximum Gasteiger partial charge on any atom is 0.226 e. The van der Waals surface area contributed by atoms with Gasteiger partial charge >= 0.3 is 0 Å². The third-order valence-corrected chi connectivity index (χ3v) is 9.13. The van der Waals surface area contributed by atoms with Crippen molar-refractivity contribution in [2.75, 3.05) is 18.6 Å². The van der Waals surface area contributed by atoms with E-state index in [1.54, 1.807) is 48.3 Å². The largest absolute Gasteiger partial charge is 0.457 e. The van der Waals surface area contributed by atoms with Crippen molar-refractivity contribution >= 4 is 54.9 Å². The molecule has 1 amide bonds. The van der Waals surface area contributed by atoms with E-state index in [0.29, 0.717) is 34.4 Å². The van der Waals surface area contributed by atoms with Gasteiger partial charge in [-0.05, 0) is 72.9 Å². The molecule has 1 aliphatic heterocycles. The molecule has 0 N–H and O–H groups in total. The molecule has 1 saturated heterocycles.